The van der Waals surface area contributed by atoms with E-state index in [-0.39, 0.29) is 12.5 Å². The molecule has 3 rings (SSSR count). The molecule has 7 heteroatoms. The number of rotatable bonds is 6. The van der Waals surface area contributed by atoms with E-state index in [2.05, 4.69) is 55.9 Å². The molecule has 0 aliphatic heterocycles. The third kappa shape index (κ3) is 4.94. The van der Waals surface area contributed by atoms with E-state index in [1.165, 1.54) is 3.57 Å². The molecule has 0 saturated heterocycles. The quantitative estimate of drug-likeness (QED) is 0.294. The van der Waals surface area contributed by atoms with Crippen LogP contribution in [0.5, 0.6) is 5.75 Å². The van der Waals surface area contributed by atoms with Crippen LogP contribution >= 0.6 is 34.2 Å². The van der Waals surface area contributed by atoms with Crippen molar-refractivity contribution < 1.29 is 9.53 Å². The van der Waals surface area contributed by atoms with Crippen molar-refractivity contribution in [1.82, 2.24) is 9.99 Å². The summed E-state index contributed by atoms with van der Waals surface area (Å²) >= 11 is 8.30. The van der Waals surface area contributed by atoms with Crippen LogP contribution in [0.15, 0.2) is 59.7 Å². The number of nitrogens with zero attached hydrogens (tertiary/aromatic N) is 2. The van der Waals surface area contributed by atoms with Gasteiger partial charge in [-0.25, -0.2) is 5.43 Å². The molecule has 0 bridgehead atoms. The van der Waals surface area contributed by atoms with Crippen LogP contribution in [0.2, 0.25) is 5.02 Å². The van der Waals surface area contributed by atoms with Crippen LogP contribution < -0.4 is 10.2 Å². The summed E-state index contributed by atoms with van der Waals surface area (Å²) in [4.78, 5) is 11.9. The normalized spacial score (nSPS) is 11.0. The second-order valence-electron chi connectivity index (χ2n) is 6.15. The molecule has 5 nitrogen and oxygen atoms in total. The van der Waals surface area contributed by atoms with Gasteiger partial charge in [-0.05, 0) is 72.8 Å². The molecule has 1 heterocycles. The highest BCUT2D eigenvalue weighted by atomic mass is 127. The average Bonchev–Trinajstić information content (AvgIpc) is 2.94. The molecule has 1 N–H and O–H groups in total. The lowest BCUT2D eigenvalue weighted by Gasteiger charge is -2.10. The number of aryl methyl sites for hydroxylation is 1. The molecule has 1 amide bonds. The van der Waals surface area contributed by atoms with Gasteiger partial charge in [-0.2, -0.15) is 5.10 Å². The number of aromatic nitrogens is 1. The number of carbonyl (C=O) groups excluding carboxylic acids is 1. The zero-order chi connectivity index (χ0) is 20.1. The Kier molecular flexibility index (Phi) is 6.74. The molecular formula is C21H19ClIN3O2. The lowest BCUT2D eigenvalue weighted by molar-refractivity contribution is -0.123. The number of halogens is 2. The first-order chi connectivity index (χ1) is 13.5. The fourth-order valence-electron chi connectivity index (χ4n) is 2.84. The first kappa shape index (κ1) is 20.4. The molecule has 0 fully saturated rings. The summed E-state index contributed by atoms with van der Waals surface area (Å²) < 4.78 is 8.72. The number of para-hydroxylation sites is 1. The second-order valence-corrected chi connectivity index (χ2v) is 7.81. The molecule has 0 radical (unpaired) electrons. The highest BCUT2D eigenvalue weighted by Crippen LogP contribution is 2.23. The number of amides is 1. The van der Waals surface area contributed by atoms with Gasteiger partial charge in [0.25, 0.3) is 5.91 Å². The topological polar surface area (TPSA) is 55.6 Å². The van der Waals surface area contributed by atoms with Gasteiger partial charge in [-0.3, -0.25) is 4.79 Å². The maximum absolute atomic E-state index is 11.9. The van der Waals surface area contributed by atoms with Crippen molar-refractivity contribution in [3.05, 3.63) is 80.1 Å². The molecule has 2 aromatic carbocycles. The van der Waals surface area contributed by atoms with E-state index in [1.807, 2.05) is 26.0 Å². The minimum Gasteiger partial charge on any atom is -0.482 e. The maximum atomic E-state index is 11.9. The van der Waals surface area contributed by atoms with Crippen LogP contribution in [0.3, 0.4) is 0 Å². The van der Waals surface area contributed by atoms with Gasteiger partial charge in [0.2, 0.25) is 0 Å². The second kappa shape index (κ2) is 9.25. The summed E-state index contributed by atoms with van der Waals surface area (Å²) in [5.74, 6) is 0.104. The summed E-state index contributed by atoms with van der Waals surface area (Å²) in [5, 5.41) is 4.51. The van der Waals surface area contributed by atoms with Gasteiger partial charge in [0.1, 0.15) is 5.75 Å². The summed E-state index contributed by atoms with van der Waals surface area (Å²) in [6.45, 7) is 3.90. The van der Waals surface area contributed by atoms with E-state index in [4.69, 9.17) is 16.3 Å². The van der Waals surface area contributed by atoms with Gasteiger partial charge >= 0.3 is 0 Å². The van der Waals surface area contributed by atoms with E-state index in [0.29, 0.717) is 10.8 Å². The molecule has 0 unspecified atom stereocenters. The number of hydrazone groups is 1. The van der Waals surface area contributed by atoms with E-state index in [0.717, 1.165) is 22.6 Å². The van der Waals surface area contributed by atoms with E-state index < -0.39 is 0 Å². The minimum absolute atomic E-state index is 0.164. The molecule has 0 aliphatic rings. The number of hydrogen-bond acceptors (Lipinski definition) is 3. The van der Waals surface area contributed by atoms with Crippen molar-refractivity contribution in [2.45, 2.75) is 13.8 Å². The Bertz CT molecular complexity index is 1030. The third-order valence-corrected chi connectivity index (χ3v) is 5.11. The van der Waals surface area contributed by atoms with Gasteiger partial charge in [0.05, 0.1) is 11.2 Å². The Hall–Kier alpha value is -2.32. The molecular weight excluding hydrogens is 489 g/mol. The average molecular weight is 508 g/mol. The zero-order valence-electron chi connectivity index (χ0n) is 15.4. The van der Waals surface area contributed by atoms with Crippen LogP contribution in [0, 0.1) is 17.4 Å². The molecule has 0 aliphatic carbocycles. The van der Waals surface area contributed by atoms with E-state index in [1.54, 1.807) is 30.5 Å². The largest absolute Gasteiger partial charge is 0.482 e. The highest BCUT2D eigenvalue weighted by molar-refractivity contribution is 14.1. The Morgan fingerprint density at radius 2 is 2.00 bits per heavy atom. The predicted octanol–water partition coefficient (Wildman–Crippen LogP) is 4.88. The number of benzene rings is 2. The van der Waals surface area contributed by atoms with Crippen molar-refractivity contribution >= 4 is 46.3 Å². The lowest BCUT2D eigenvalue weighted by atomic mass is 10.2. The van der Waals surface area contributed by atoms with Crippen molar-refractivity contribution in [2.24, 2.45) is 5.10 Å². The first-order valence-corrected chi connectivity index (χ1v) is 10.1. The van der Waals surface area contributed by atoms with Gasteiger partial charge in [-0.15, -0.1) is 0 Å². The third-order valence-electron chi connectivity index (χ3n) is 4.12. The van der Waals surface area contributed by atoms with Crippen LogP contribution in [0.25, 0.3) is 5.69 Å². The predicted molar refractivity (Wildman–Crippen MR) is 121 cm³/mol. The molecule has 0 saturated carbocycles. The minimum atomic E-state index is -0.359. The molecule has 28 heavy (non-hydrogen) atoms. The Labute approximate surface area is 182 Å². The van der Waals surface area contributed by atoms with Crippen LogP contribution in [0.1, 0.15) is 17.0 Å². The van der Waals surface area contributed by atoms with Crippen molar-refractivity contribution in [3.8, 4) is 11.4 Å². The van der Waals surface area contributed by atoms with Crippen molar-refractivity contribution in [1.29, 1.82) is 0 Å². The van der Waals surface area contributed by atoms with Gasteiger partial charge in [-0.1, -0.05) is 29.8 Å². The Morgan fingerprint density at radius 1 is 1.21 bits per heavy atom. The summed E-state index contributed by atoms with van der Waals surface area (Å²) in [5.41, 5.74) is 6.65. The fourth-order valence-corrected chi connectivity index (χ4v) is 3.56. The van der Waals surface area contributed by atoms with Crippen LogP contribution in [0.4, 0.5) is 0 Å². The van der Waals surface area contributed by atoms with Gasteiger partial charge < -0.3 is 9.30 Å². The SMILES string of the molecule is Cc1cc(/C=N\NC(=O)COc2ccccc2Cl)c(C)n1-c1cccc(I)c1. The Balaban J connectivity index is 1.64. The standard InChI is InChI=1S/C21H19ClIN3O2/c1-14-10-16(15(2)26(14)18-7-5-6-17(23)11-18)12-24-25-21(27)13-28-20-9-4-3-8-19(20)22/h3-12H,13H2,1-2H3,(H,25,27)/b24-12-. The molecule has 1 aromatic heterocycles. The lowest BCUT2D eigenvalue weighted by Crippen LogP contribution is -2.24. The first-order valence-electron chi connectivity index (χ1n) is 8.60. The number of nitrogens with one attached hydrogen (secondary N) is 1. The van der Waals surface area contributed by atoms with Gasteiger partial charge in [0, 0.05) is 26.2 Å². The van der Waals surface area contributed by atoms with E-state index in [9.17, 15) is 4.79 Å². The van der Waals surface area contributed by atoms with Gasteiger partial charge in [0.15, 0.2) is 6.61 Å². The molecule has 144 valence electrons. The highest BCUT2D eigenvalue weighted by Gasteiger charge is 2.10. The monoisotopic (exact) mass is 507 g/mol. The van der Waals surface area contributed by atoms with Crippen LogP contribution in [-0.4, -0.2) is 23.3 Å². The maximum Gasteiger partial charge on any atom is 0.277 e. The summed E-state index contributed by atoms with van der Waals surface area (Å²) in [7, 11) is 0. The van der Waals surface area contributed by atoms with E-state index >= 15 is 0 Å². The summed E-state index contributed by atoms with van der Waals surface area (Å²) in [6.07, 6.45) is 1.64. The van der Waals surface area contributed by atoms with Crippen molar-refractivity contribution in [3.63, 3.8) is 0 Å². The Morgan fingerprint density at radius 3 is 2.75 bits per heavy atom. The summed E-state index contributed by atoms with van der Waals surface area (Å²) in [6, 6.07) is 17.3. The molecule has 0 spiro atoms. The molecule has 3 aromatic rings. The number of hydrogen-bond donors (Lipinski definition) is 1. The zero-order valence-corrected chi connectivity index (χ0v) is 18.4. The molecule has 0 atom stereocenters. The van der Waals surface area contributed by atoms with Crippen molar-refractivity contribution in [2.75, 3.05) is 6.61 Å². The smallest absolute Gasteiger partial charge is 0.277 e. The fraction of sp³-hybridized carbons (Fsp3) is 0.143. The number of carbonyl (C=O) groups is 1. The number of ether oxygens (including phenoxy) is 1. The van der Waals surface area contributed by atoms with Crippen LogP contribution in [-0.2, 0) is 4.79 Å².